The summed E-state index contributed by atoms with van der Waals surface area (Å²) in [5, 5.41) is 11.6. The van der Waals surface area contributed by atoms with Crippen LogP contribution in [0.1, 0.15) is 11.1 Å². The number of carbonyl (C=O) groups excluding carboxylic acids is 1. The Hall–Kier alpha value is -2.31. The topological polar surface area (TPSA) is 68.0 Å². The summed E-state index contributed by atoms with van der Waals surface area (Å²) in [7, 11) is 0. The summed E-state index contributed by atoms with van der Waals surface area (Å²) in [5.74, 6) is 0.407. The van der Waals surface area contributed by atoms with E-state index in [9.17, 15) is 4.79 Å². The van der Waals surface area contributed by atoms with Gasteiger partial charge in [-0.25, -0.2) is 0 Å². The number of nitrogens with zero attached hydrogens (tertiary/aromatic N) is 2. The average molecular weight is 374 g/mol. The van der Waals surface area contributed by atoms with Crippen molar-refractivity contribution in [3.8, 4) is 11.5 Å². The number of thioether (sulfide) groups is 1. The Labute approximate surface area is 154 Å². The van der Waals surface area contributed by atoms with Crippen molar-refractivity contribution in [3.05, 3.63) is 58.6 Å². The highest BCUT2D eigenvalue weighted by Gasteiger charge is 2.12. The smallest absolute Gasteiger partial charge is 0.277 e. The molecule has 2 aromatic carbocycles. The number of aryl methyl sites for hydroxylation is 2. The lowest BCUT2D eigenvalue weighted by atomic mass is 10.1. The van der Waals surface area contributed by atoms with Gasteiger partial charge in [0.2, 0.25) is 11.8 Å². The number of halogens is 1. The standard InChI is InChI=1S/C18H16ClN3O2S/c1-11-7-12(2)9-13(8-11)17-21-22-18(24-17)25-10-16(23)20-15-6-4-3-5-14(15)19/h3-9H,10H2,1-2H3,(H,20,23). The first-order chi connectivity index (χ1) is 12.0. The van der Waals surface area contributed by atoms with E-state index in [2.05, 4.69) is 21.6 Å². The van der Waals surface area contributed by atoms with Gasteiger partial charge >= 0.3 is 0 Å². The molecule has 128 valence electrons. The Morgan fingerprint density at radius 2 is 1.88 bits per heavy atom. The molecule has 0 spiro atoms. The van der Waals surface area contributed by atoms with E-state index in [4.69, 9.17) is 16.0 Å². The Morgan fingerprint density at radius 1 is 1.16 bits per heavy atom. The van der Waals surface area contributed by atoms with Gasteiger partial charge in [0.1, 0.15) is 0 Å². The van der Waals surface area contributed by atoms with E-state index in [0.29, 0.717) is 21.8 Å². The summed E-state index contributed by atoms with van der Waals surface area (Å²) in [4.78, 5) is 12.0. The Balaban J connectivity index is 1.62. The molecule has 0 saturated carbocycles. The van der Waals surface area contributed by atoms with Gasteiger partial charge in [0.25, 0.3) is 5.22 Å². The van der Waals surface area contributed by atoms with Gasteiger partial charge in [0.05, 0.1) is 16.5 Å². The van der Waals surface area contributed by atoms with Crippen LogP contribution in [0.3, 0.4) is 0 Å². The van der Waals surface area contributed by atoms with Crippen molar-refractivity contribution in [2.24, 2.45) is 0 Å². The fourth-order valence-corrected chi connectivity index (χ4v) is 3.11. The molecule has 25 heavy (non-hydrogen) atoms. The van der Waals surface area contributed by atoms with Crippen LogP contribution < -0.4 is 5.32 Å². The van der Waals surface area contributed by atoms with Crippen molar-refractivity contribution in [1.82, 2.24) is 10.2 Å². The minimum absolute atomic E-state index is 0.152. The van der Waals surface area contributed by atoms with Gasteiger partial charge < -0.3 is 9.73 Å². The monoisotopic (exact) mass is 373 g/mol. The van der Waals surface area contributed by atoms with Crippen LogP contribution in [0.4, 0.5) is 5.69 Å². The molecule has 3 aromatic rings. The van der Waals surface area contributed by atoms with Crippen LogP contribution in [0.5, 0.6) is 0 Å². The van der Waals surface area contributed by atoms with Gasteiger partial charge in [-0.05, 0) is 38.1 Å². The number of rotatable bonds is 5. The van der Waals surface area contributed by atoms with Crippen molar-refractivity contribution in [1.29, 1.82) is 0 Å². The van der Waals surface area contributed by atoms with Crippen molar-refractivity contribution in [3.63, 3.8) is 0 Å². The lowest BCUT2D eigenvalue weighted by molar-refractivity contribution is -0.113. The van der Waals surface area contributed by atoms with Gasteiger partial charge in [0, 0.05) is 5.56 Å². The summed E-state index contributed by atoms with van der Waals surface area (Å²) >= 11 is 7.20. The Kier molecular flexibility index (Phi) is 5.40. The number of benzene rings is 2. The average Bonchev–Trinajstić information content (AvgIpc) is 3.03. The lowest BCUT2D eigenvalue weighted by Crippen LogP contribution is -2.14. The molecule has 5 nitrogen and oxygen atoms in total. The van der Waals surface area contributed by atoms with E-state index >= 15 is 0 Å². The maximum atomic E-state index is 12.0. The fraction of sp³-hybridized carbons (Fsp3) is 0.167. The maximum Gasteiger partial charge on any atom is 0.277 e. The molecule has 0 aliphatic heterocycles. The maximum absolute atomic E-state index is 12.0. The molecule has 1 amide bonds. The summed E-state index contributed by atoms with van der Waals surface area (Å²) in [6.45, 7) is 4.03. The van der Waals surface area contributed by atoms with Crippen LogP contribution in [0.2, 0.25) is 5.02 Å². The third-order valence-electron chi connectivity index (χ3n) is 3.35. The highest BCUT2D eigenvalue weighted by Crippen LogP contribution is 2.25. The van der Waals surface area contributed by atoms with E-state index in [-0.39, 0.29) is 11.7 Å². The van der Waals surface area contributed by atoms with Gasteiger partial charge in [-0.1, -0.05) is 52.7 Å². The van der Waals surface area contributed by atoms with Crippen molar-refractivity contribution in [2.75, 3.05) is 11.1 Å². The predicted molar refractivity (Wildman–Crippen MR) is 100 cm³/mol. The molecule has 0 aliphatic rings. The zero-order valence-corrected chi connectivity index (χ0v) is 15.3. The normalized spacial score (nSPS) is 10.7. The first kappa shape index (κ1) is 17.5. The van der Waals surface area contributed by atoms with Crippen molar-refractivity contribution in [2.45, 2.75) is 19.1 Å². The molecule has 1 heterocycles. The summed E-state index contributed by atoms with van der Waals surface area (Å²) in [6, 6.07) is 13.1. The molecule has 3 rings (SSSR count). The number of aromatic nitrogens is 2. The number of carbonyl (C=O) groups is 1. The second-order valence-corrected chi connectivity index (χ2v) is 6.90. The zero-order chi connectivity index (χ0) is 17.8. The van der Waals surface area contributed by atoms with E-state index in [1.165, 1.54) is 11.8 Å². The molecule has 1 aromatic heterocycles. The van der Waals surface area contributed by atoms with E-state index in [1.807, 2.05) is 32.0 Å². The second kappa shape index (κ2) is 7.72. The molecular formula is C18H16ClN3O2S. The van der Waals surface area contributed by atoms with Gasteiger partial charge in [-0.3, -0.25) is 4.79 Å². The number of hydrogen-bond donors (Lipinski definition) is 1. The molecule has 0 aliphatic carbocycles. The van der Waals surface area contributed by atoms with E-state index in [0.717, 1.165) is 16.7 Å². The third kappa shape index (κ3) is 4.61. The number of nitrogens with one attached hydrogen (secondary N) is 1. The van der Waals surface area contributed by atoms with E-state index in [1.54, 1.807) is 18.2 Å². The van der Waals surface area contributed by atoms with Gasteiger partial charge in [-0.2, -0.15) is 0 Å². The van der Waals surface area contributed by atoms with Crippen molar-refractivity contribution >= 4 is 35.0 Å². The minimum Gasteiger partial charge on any atom is -0.411 e. The molecule has 7 heteroatoms. The van der Waals surface area contributed by atoms with Gasteiger partial charge in [-0.15, -0.1) is 10.2 Å². The molecule has 0 atom stereocenters. The summed E-state index contributed by atoms with van der Waals surface area (Å²) < 4.78 is 5.64. The molecule has 0 radical (unpaired) electrons. The first-order valence-corrected chi connectivity index (χ1v) is 8.97. The number of para-hydroxylation sites is 1. The SMILES string of the molecule is Cc1cc(C)cc(-c2nnc(SCC(=O)Nc3ccccc3Cl)o2)c1. The number of hydrogen-bond acceptors (Lipinski definition) is 5. The van der Waals surface area contributed by atoms with Gasteiger partial charge in [0.15, 0.2) is 0 Å². The quantitative estimate of drug-likeness (QED) is 0.654. The largest absolute Gasteiger partial charge is 0.411 e. The zero-order valence-electron chi connectivity index (χ0n) is 13.7. The predicted octanol–water partition coefficient (Wildman–Crippen LogP) is 4.74. The molecule has 0 bridgehead atoms. The van der Waals surface area contributed by atoms with Crippen LogP contribution in [-0.4, -0.2) is 21.9 Å². The molecule has 0 saturated heterocycles. The lowest BCUT2D eigenvalue weighted by Gasteiger charge is -2.05. The summed E-state index contributed by atoms with van der Waals surface area (Å²) in [6.07, 6.45) is 0. The van der Waals surface area contributed by atoms with Crippen LogP contribution in [0.25, 0.3) is 11.5 Å². The van der Waals surface area contributed by atoms with Crippen LogP contribution in [0, 0.1) is 13.8 Å². The Bertz CT molecular complexity index is 891. The van der Waals surface area contributed by atoms with Crippen LogP contribution >= 0.6 is 23.4 Å². The molecule has 0 unspecified atom stereocenters. The summed E-state index contributed by atoms with van der Waals surface area (Å²) in [5.41, 5.74) is 3.71. The number of amides is 1. The molecular weight excluding hydrogens is 358 g/mol. The minimum atomic E-state index is -0.191. The van der Waals surface area contributed by atoms with Crippen LogP contribution in [0.15, 0.2) is 52.1 Å². The second-order valence-electron chi connectivity index (χ2n) is 5.57. The number of anilines is 1. The Morgan fingerprint density at radius 3 is 2.60 bits per heavy atom. The van der Waals surface area contributed by atoms with E-state index < -0.39 is 0 Å². The van der Waals surface area contributed by atoms with Crippen molar-refractivity contribution < 1.29 is 9.21 Å². The molecule has 0 fully saturated rings. The fourth-order valence-electron chi connectivity index (χ4n) is 2.36. The third-order valence-corrected chi connectivity index (χ3v) is 4.50. The highest BCUT2D eigenvalue weighted by atomic mass is 35.5. The highest BCUT2D eigenvalue weighted by molar-refractivity contribution is 7.99. The molecule has 1 N–H and O–H groups in total. The first-order valence-electron chi connectivity index (χ1n) is 7.60. The van der Waals surface area contributed by atoms with Crippen LogP contribution in [-0.2, 0) is 4.79 Å².